The second-order valence-corrected chi connectivity index (χ2v) is 7.34. The summed E-state index contributed by atoms with van der Waals surface area (Å²) in [6.45, 7) is 12.6. The van der Waals surface area contributed by atoms with E-state index in [0.29, 0.717) is 0 Å². The first-order valence-electron chi connectivity index (χ1n) is 10.9. The van der Waals surface area contributed by atoms with Gasteiger partial charge >= 0.3 is 0 Å². The first-order valence-corrected chi connectivity index (χ1v) is 10.9. The van der Waals surface area contributed by atoms with Gasteiger partial charge in [0.2, 0.25) is 0 Å². The molecule has 0 saturated carbocycles. The van der Waals surface area contributed by atoms with Gasteiger partial charge in [0.15, 0.2) is 5.96 Å². The van der Waals surface area contributed by atoms with Crippen LogP contribution < -0.4 is 0 Å². The van der Waals surface area contributed by atoms with Gasteiger partial charge in [0.05, 0.1) is 6.54 Å². The second-order valence-electron chi connectivity index (χ2n) is 7.34. The molecule has 1 rings (SSSR count). The van der Waals surface area contributed by atoms with E-state index in [1.54, 1.807) is 0 Å². The van der Waals surface area contributed by atoms with Crippen LogP contribution in [-0.4, -0.2) is 48.5 Å². The number of unbranched alkanes of at least 4 members (excludes halogenated alkanes) is 9. The van der Waals surface area contributed by atoms with E-state index in [4.69, 9.17) is 4.99 Å². The van der Waals surface area contributed by atoms with E-state index >= 15 is 0 Å². The topological polar surface area (TPSA) is 18.8 Å². The van der Waals surface area contributed by atoms with E-state index in [1.165, 1.54) is 103 Å². The standard InChI is InChI=1S/C21H43N3/c1-4-7-10-13-17-23(18-14-11-8-5-2)21-22-16-20-24(21)19-15-12-9-6-3/h4-20H2,1-3H3. The molecule has 0 unspecified atom stereocenters. The summed E-state index contributed by atoms with van der Waals surface area (Å²) in [5.41, 5.74) is 0. The van der Waals surface area contributed by atoms with Crippen molar-refractivity contribution in [2.75, 3.05) is 32.7 Å². The van der Waals surface area contributed by atoms with Crippen LogP contribution in [0.15, 0.2) is 4.99 Å². The van der Waals surface area contributed by atoms with Crippen LogP contribution >= 0.6 is 0 Å². The Morgan fingerprint density at radius 1 is 0.750 bits per heavy atom. The molecule has 0 aromatic carbocycles. The van der Waals surface area contributed by atoms with Crippen molar-refractivity contribution in [2.24, 2.45) is 4.99 Å². The van der Waals surface area contributed by atoms with E-state index in [1.807, 2.05) is 0 Å². The quantitative estimate of drug-likeness (QED) is 0.357. The van der Waals surface area contributed by atoms with Crippen molar-refractivity contribution in [3.05, 3.63) is 0 Å². The minimum atomic E-state index is 1.00. The first kappa shape index (κ1) is 21.3. The summed E-state index contributed by atoms with van der Waals surface area (Å²) in [6, 6.07) is 0. The Balaban J connectivity index is 2.45. The molecule has 0 aromatic heterocycles. The molecule has 0 amide bonds. The van der Waals surface area contributed by atoms with Crippen molar-refractivity contribution in [2.45, 2.75) is 97.8 Å². The molecule has 3 heteroatoms. The third-order valence-corrected chi connectivity index (χ3v) is 5.03. The largest absolute Gasteiger partial charge is 0.343 e. The molecule has 3 nitrogen and oxygen atoms in total. The van der Waals surface area contributed by atoms with Crippen molar-refractivity contribution >= 4 is 5.96 Å². The van der Waals surface area contributed by atoms with Gasteiger partial charge in [-0.1, -0.05) is 78.6 Å². The van der Waals surface area contributed by atoms with Gasteiger partial charge in [-0.15, -0.1) is 0 Å². The van der Waals surface area contributed by atoms with Crippen LogP contribution in [0.2, 0.25) is 0 Å². The van der Waals surface area contributed by atoms with E-state index in [0.717, 1.165) is 13.1 Å². The Bertz CT molecular complexity index is 302. The Morgan fingerprint density at radius 2 is 1.29 bits per heavy atom. The lowest BCUT2D eigenvalue weighted by Gasteiger charge is -2.31. The molecular formula is C21H43N3. The van der Waals surface area contributed by atoms with Crippen LogP contribution in [0.25, 0.3) is 0 Å². The first-order chi connectivity index (χ1) is 11.8. The van der Waals surface area contributed by atoms with Crippen molar-refractivity contribution in [3.63, 3.8) is 0 Å². The Labute approximate surface area is 151 Å². The predicted molar refractivity (Wildman–Crippen MR) is 108 cm³/mol. The van der Waals surface area contributed by atoms with Crippen LogP contribution in [0.1, 0.15) is 97.8 Å². The number of hydrogen-bond acceptors (Lipinski definition) is 3. The van der Waals surface area contributed by atoms with Crippen molar-refractivity contribution < 1.29 is 0 Å². The van der Waals surface area contributed by atoms with Crippen LogP contribution in [0.4, 0.5) is 0 Å². The van der Waals surface area contributed by atoms with E-state index in [-0.39, 0.29) is 0 Å². The van der Waals surface area contributed by atoms with Crippen LogP contribution in [0, 0.1) is 0 Å². The second kappa shape index (κ2) is 14.6. The zero-order valence-electron chi connectivity index (χ0n) is 16.9. The average Bonchev–Trinajstić information content (AvgIpc) is 3.06. The molecule has 0 aliphatic carbocycles. The number of rotatable bonds is 15. The molecule has 0 fully saturated rings. The molecule has 0 bridgehead atoms. The average molecular weight is 338 g/mol. The SMILES string of the molecule is CCCCCCN(CCCCCC)C1=NCCN1CCCCCC. The third kappa shape index (κ3) is 8.94. The monoisotopic (exact) mass is 337 g/mol. The zero-order chi connectivity index (χ0) is 17.5. The Morgan fingerprint density at radius 3 is 1.83 bits per heavy atom. The van der Waals surface area contributed by atoms with Crippen LogP contribution in [0.3, 0.4) is 0 Å². The van der Waals surface area contributed by atoms with Gasteiger partial charge in [-0.2, -0.15) is 0 Å². The summed E-state index contributed by atoms with van der Waals surface area (Å²) in [5, 5.41) is 0. The molecule has 0 saturated heterocycles. The molecule has 1 heterocycles. The molecule has 1 aliphatic heterocycles. The van der Waals surface area contributed by atoms with Crippen molar-refractivity contribution in [3.8, 4) is 0 Å². The predicted octanol–water partition coefficient (Wildman–Crippen LogP) is 5.70. The highest BCUT2D eigenvalue weighted by molar-refractivity contribution is 5.81. The lowest BCUT2D eigenvalue weighted by Crippen LogP contribution is -2.43. The minimum absolute atomic E-state index is 1.00. The van der Waals surface area contributed by atoms with Crippen LogP contribution in [0.5, 0.6) is 0 Å². The Hall–Kier alpha value is -0.730. The van der Waals surface area contributed by atoms with E-state index in [9.17, 15) is 0 Å². The highest BCUT2D eigenvalue weighted by Crippen LogP contribution is 2.13. The molecule has 0 spiro atoms. The lowest BCUT2D eigenvalue weighted by atomic mass is 10.1. The summed E-state index contributed by atoms with van der Waals surface area (Å²) in [6.07, 6.45) is 16.2. The number of aliphatic imine (C=N–C) groups is 1. The van der Waals surface area contributed by atoms with Gasteiger partial charge < -0.3 is 9.80 Å². The maximum Gasteiger partial charge on any atom is 0.196 e. The highest BCUT2D eigenvalue weighted by Gasteiger charge is 2.21. The van der Waals surface area contributed by atoms with Gasteiger partial charge in [0, 0.05) is 26.2 Å². The molecule has 0 atom stereocenters. The van der Waals surface area contributed by atoms with Crippen molar-refractivity contribution in [1.82, 2.24) is 9.80 Å². The van der Waals surface area contributed by atoms with Crippen molar-refractivity contribution in [1.29, 1.82) is 0 Å². The van der Waals surface area contributed by atoms with Gasteiger partial charge in [-0.3, -0.25) is 4.99 Å². The Kier molecular flexibility index (Phi) is 13.0. The fraction of sp³-hybridized carbons (Fsp3) is 0.952. The molecule has 0 aromatic rings. The number of hydrogen-bond donors (Lipinski definition) is 0. The summed E-state index contributed by atoms with van der Waals surface area (Å²) >= 11 is 0. The molecule has 24 heavy (non-hydrogen) atoms. The molecule has 142 valence electrons. The fourth-order valence-electron chi connectivity index (χ4n) is 3.48. The zero-order valence-corrected chi connectivity index (χ0v) is 16.9. The van der Waals surface area contributed by atoms with Gasteiger partial charge in [-0.05, 0) is 19.3 Å². The van der Waals surface area contributed by atoms with E-state index < -0.39 is 0 Å². The summed E-state index contributed by atoms with van der Waals surface area (Å²) in [4.78, 5) is 10.1. The summed E-state index contributed by atoms with van der Waals surface area (Å²) in [7, 11) is 0. The smallest absolute Gasteiger partial charge is 0.196 e. The molecule has 1 aliphatic rings. The van der Waals surface area contributed by atoms with Gasteiger partial charge in [0.1, 0.15) is 0 Å². The molecular weight excluding hydrogens is 294 g/mol. The minimum Gasteiger partial charge on any atom is -0.343 e. The molecule has 0 N–H and O–H groups in total. The van der Waals surface area contributed by atoms with Gasteiger partial charge in [-0.25, -0.2) is 0 Å². The summed E-state index contributed by atoms with van der Waals surface area (Å²) < 4.78 is 0. The van der Waals surface area contributed by atoms with E-state index in [2.05, 4.69) is 30.6 Å². The lowest BCUT2D eigenvalue weighted by molar-refractivity contribution is 0.320. The van der Waals surface area contributed by atoms with Crippen LogP contribution in [-0.2, 0) is 0 Å². The maximum absolute atomic E-state index is 4.88. The summed E-state index contributed by atoms with van der Waals surface area (Å²) in [5.74, 6) is 1.32. The fourth-order valence-corrected chi connectivity index (χ4v) is 3.48. The third-order valence-electron chi connectivity index (χ3n) is 5.03. The highest BCUT2D eigenvalue weighted by atomic mass is 15.4. The maximum atomic E-state index is 4.88. The normalized spacial score (nSPS) is 14.3. The molecule has 0 radical (unpaired) electrons. The van der Waals surface area contributed by atoms with Gasteiger partial charge in [0.25, 0.3) is 0 Å². The number of nitrogens with zero attached hydrogens (tertiary/aromatic N) is 3. The number of guanidine groups is 1.